The molecule has 1 amide bonds. The highest BCUT2D eigenvalue weighted by molar-refractivity contribution is 9.11. The number of hydrogen-bond donors (Lipinski definition) is 1. The predicted molar refractivity (Wildman–Crippen MR) is 77.8 cm³/mol. The maximum Gasteiger partial charge on any atom is 0.251 e. The molecule has 0 saturated carbocycles. The van der Waals surface area contributed by atoms with E-state index >= 15 is 0 Å². The first-order valence-corrected chi connectivity index (χ1v) is 7.43. The van der Waals surface area contributed by atoms with E-state index in [4.69, 9.17) is 4.74 Å². The Labute approximate surface area is 124 Å². The number of amides is 1. The van der Waals surface area contributed by atoms with Gasteiger partial charge in [0.1, 0.15) is 0 Å². The van der Waals surface area contributed by atoms with Crippen molar-refractivity contribution in [3.8, 4) is 0 Å². The molecule has 3 nitrogen and oxygen atoms in total. The normalized spacial score (nSPS) is 23.7. The summed E-state index contributed by atoms with van der Waals surface area (Å²) in [5.74, 6) is -0.0648. The molecular weight excluding hydrogens is 362 g/mol. The zero-order valence-corrected chi connectivity index (χ0v) is 13.3. The third-order valence-electron chi connectivity index (χ3n) is 2.98. The lowest BCUT2D eigenvalue weighted by molar-refractivity contribution is 0.0272. The zero-order valence-electron chi connectivity index (χ0n) is 10.1. The maximum atomic E-state index is 12.2. The van der Waals surface area contributed by atoms with Gasteiger partial charge in [-0.05, 0) is 38.0 Å². The molecule has 0 aliphatic carbocycles. The van der Waals surface area contributed by atoms with Crippen LogP contribution in [0.25, 0.3) is 0 Å². The first-order chi connectivity index (χ1) is 8.48. The van der Waals surface area contributed by atoms with Gasteiger partial charge in [-0.1, -0.05) is 31.9 Å². The summed E-state index contributed by atoms with van der Waals surface area (Å²) in [5.41, 5.74) is 0.382. The SMILES string of the molecule is CC1(NC(=O)c2cc(Br)cc(Br)c2)CCCOC1. The van der Waals surface area contributed by atoms with Gasteiger partial charge >= 0.3 is 0 Å². The Kier molecular flexibility index (Phi) is 4.45. The van der Waals surface area contributed by atoms with Crippen LogP contribution in [0.15, 0.2) is 27.1 Å². The quantitative estimate of drug-likeness (QED) is 0.857. The number of benzene rings is 1. The number of rotatable bonds is 2. The van der Waals surface area contributed by atoms with Crippen molar-refractivity contribution in [1.82, 2.24) is 5.32 Å². The molecule has 1 saturated heterocycles. The molecule has 1 fully saturated rings. The van der Waals surface area contributed by atoms with Crippen LogP contribution in [-0.4, -0.2) is 24.7 Å². The molecule has 1 aliphatic heterocycles. The summed E-state index contributed by atoms with van der Waals surface area (Å²) in [7, 11) is 0. The maximum absolute atomic E-state index is 12.2. The molecule has 0 aromatic heterocycles. The van der Waals surface area contributed by atoms with Gasteiger partial charge in [0.2, 0.25) is 0 Å². The number of carbonyl (C=O) groups is 1. The van der Waals surface area contributed by atoms with Crippen molar-refractivity contribution in [3.63, 3.8) is 0 Å². The van der Waals surface area contributed by atoms with Gasteiger partial charge in [-0.2, -0.15) is 0 Å². The molecule has 98 valence electrons. The number of nitrogens with one attached hydrogen (secondary N) is 1. The second-order valence-corrected chi connectivity index (χ2v) is 6.66. The highest BCUT2D eigenvalue weighted by Crippen LogP contribution is 2.22. The van der Waals surface area contributed by atoms with E-state index in [2.05, 4.69) is 37.2 Å². The van der Waals surface area contributed by atoms with Crippen molar-refractivity contribution in [3.05, 3.63) is 32.7 Å². The standard InChI is InChI=1S/C13H15Br2NO2/c1-13(3-2-4-18-8-13)16-12(17)9-5-10(14)7-11(15)6-9/h5-7H,2-4,8H2,1H3,(H,16,17). The Balaban J connectivity index is 2.11. The number of halogens is 2. The lowest BCUT2D eigenvalue weighted by Gasteiger charge is -2.34. The Hall–Kier alpha value is -0.390. The Morgan fingerprint density at radius 2 is 2.00 bits per heavy atom. The van der Waals surface area contributed by atoms with Gasteiger partial charge in [-0.25, -0.2) is 0 Å². The Morgan fingerprint density at radius 1 is 1.33 bits per heavy atom. The molecule has 1 N–H and O–H groups in total. The summed E-state index contributed by atoms with van der Waals surface area (Å²) in [6.45, 7) is 3.39. The van der Waals surface area contributed by atoms with Gasteiger partial charge in [0.15, 0.2) is 0 Å². The molecule has 0 spiro atoms. The summed E-state index contributed by atoms with van der Waals surface area (Å²) in [5, 5.41) is 3.06. The lowest BCUT2D eigenvalue weighted by Crippen LogP contribution is -2.51. The van der Waals surface area contributed by atoms with E-state index in [1.165, 1.54) is 0 Å². The molecule has 1 heterocycles. The van der Waals surface area contributed by atoms with Gasteiger partial charge < -0.3 is 10.1 Å². The fourth-order valence-electron chi connectivity index (χ4n) is 2.06. The third kappa shape index (κ3) is 3.56. The molecule has 0 bridgehead atoms. The molecule has 1 aromatic carbocycles. The summed E-state index contributed by atoms with van der Waals surface area (Å²) >= 11 is 6.77. The van der Waals surface area contributed by atoms with E-state index in [0.717, 1.165) is 28.4 Å². The summed E-state index contributed by atoms with van der Waals surface area (Å²) < 4.78 is 7.20. The first kappa shape index (κ1) is 14.0. The second kappa shape index (κ2) is 5.72. The lowest BCUT2D eigenvalue weighted by atomic mass is 9.94. The van der Waals surface area contributed by atoms with Crippen LogP contribution in [0.1, 0.15) is 30.1 Å². The van der Waals surface area contributed by atoms with E-state index in [0.29, 0.717) is 12.2 Å². The van der Waals surface area contributed by atoms with Crippen LogP contribution in [0.4, 0.5) is 0 Å². The van der Waals surface area contributed by atoms with Crippen LogP contribution in [0.2, 0.25) is 0 Å². The van der Waals surface area contributed by atoms with Crippen molar-refractivity contribution < 1.29 is 9.53 Å². The van der Waals surface area contributed by atoms with Crippen molar-refractivity contribution in [1.29, 1.82) is 0 Å². The highest BCUT2D eigenvalue weighted by atomic mass is 79.9. The molecule has 5 heteroatoms. The van der Waals surface area contributed by atoms with Crippen LogP contribution in [0.3, 0.4) is 0 Å². The number of carbonyl (C=O) groups excluding carboxylic acids is 1. The first-order valence-electron chi connectivity index (χ1n) is 5.85. The van der Waals surface area contributed by atoms with Crippen LogP contribution in [-0.2, 0) is 4.74 Å². The van der Waals surface area contributed by atoms with Crippen LogP contribution in [0.5, 0.6) is 0 Å². The molecule has 1 aromatic rings. The molecule has 1 aliphatic rings. The largest absolute Gasteiger partial charge is 0.379 e. The predicted octanol–water partition coefficient (Wildman–Crippen LogP) is 3.51. The summed E-state index contributed by atoms with van der Waals surface area (Å²) in [6.07, 6.45) is 1.94. The van der Waals surface area contributed by atoms with Gasteiger partial charge in [0.05, 0.1) is 12.1 Å². The van der Waals surface area contributed by atoms with Crippen molar-refractivity contribution >= 4 is 37.8 Å². The van der Waals surface area contributed by atoms with Gasteiger partial charge in [0.25, 0.3) is 5.91 Å². The van der Waals surface area contributed by atoms with Crippen molar-refractivity contribution in [2.45, 2.75) is 25.3 Å². The van der Waals surface area contributed by atoms with E-state index in [9.17, 15) is 4.79 Å². The molecule has 1 unspecified atom stereocenters. The monoisotopic (exact) mass is 375 g/mol. The topological polar surface area (TPSA) is 38.3 Å². The van der Waals surface area contributed by atoms with Crippen molar-refractivity contribution in [2.24, 2.45) is 0 Å². The number of ether oxygens (including phenoxy) is 1. The smallest absolute Gasteiger partial charge is 0.251 e. The fourth-order valence-corrected chi connectivity index (χ4v) is 3.36. The van der Waals surface area contributed by atoms with E-state index in [1.54, 1.807) is 0 Å². The van der Waals surface area contributed by atoms with E-state index < -0.39 is 0 Å². The van der Waals surface area contributed by atoms with Crippen LogP contribution < -0.4 is 5.32 Å². The Bertz CT molecular complexity index is 436. The van der Waals surface area contributed by atoms with E-state index in [-0.39, 0.29) is 11.4 Å². The fraction of sp³-hybridized carbons (Fsp3) is 0.462. The van der Waals surface area contributed by atoms with Gasteiger partial charge in [0, 0.05) is 21.1 Å². The molecule has 2 rings (SSSR count). The Morgan fingerprint density at radius 3 is 2.56 bits per heavy atom. The van der Waals surface area contributed by atoms with Gasteiger partial charge in [-0.15, -0.1) is 0 Å². The molecule has 0 radical (unpaired) electrons. The second-order valence-electron chi connectivity index (χ2n) is 4.83. The minimum Gasteiger partial charge on any atom is -0.379 e. The average Bonchev–Trinajstić information content (AvgIpc) is 2.28. The molecule has 18 heavy (non-hydrogen) atoms. The zero-order chi connectivity index (χ0) is 13.2. The molecular formula is C13H15Br2NO2. The minimum atomic E-state index is -0.260. The van der Waals surface area contributed by atoms with Crippen molar-refractivity contribution in [2.75, 3.05) is 13.2 Å². The van der Waals surface area contributed by atoms with E-state index in [1.807, 2.05) is 25.1 Å². The highest BCUT2D eigenvalue weighted by Gasteiger charge is 2.29. The average molecular weight is 377 g/mol. The van der Waals surface area contributed by atoms with Crippen LogP contribution in [0, 0.1) is 0 Å². The summed E-state index contributed by atoms with van der Waals surface area (Å²) in [6, 6.07) is 5.53. The summed E-state index contributed by atoms with van der Waals surface area (Å²) in [4.78, 5) is 12.2. The molecule has 1 atom stereocenters. The number of hydrogen-bond acceptors (Lipinski definition) is 2. The minimum absolute atomic E-state index is 0.0648. The van der Waals surface area contributed by atoms with Gasteiger partial charge in [-0.3, -0.25) is 4.79 Å². The third-order valence-corrected chi connectivity index (χ3v) is 3.89. The van der Waals surface area contributed by atoms with Crippen LogP contribution >= 0.6 is 31.9 Å².